The van der Waals surface area contributed by atoms with Crippen LogP contribution >= 0.6 is 11.8 Å². The van der Waals surface area contributed by atoms with E-state index in [1.54, 1.807) is 7.11 Å². The van der Waals surface area contributed by atoms with E-state index >= 15 is 0 Å². The Balaban J connectivity index is 1.76. The molecule has 0 saturated carbocycles. The Bertz CT molecular complexity index is 821. The molecule has 1 saturated heterocycles. The van der Waals surface area contributed by atoms with Gasteiger partial charge < -0.3 is 14.2 Å². The van der Waals surface area contributed by atoms with Crippen molar-refractivity contribution >= 4 is 17.7 Å². The van der Waals surface area contributed by atoms with Crippen LogP contribution in [0.1, 0.15) is 52.0 Å². The first-order chi connectivity index (χ1) is 14.4. The molecule has 0 bridgehead atoms. The number of aromatic nitrogens is 3. The Morgan fingerprint density at radius 2 is 1.80 bits per heavy atom. The summed E-state index contributed by atoms with van der Waals surface area (Å²) >= 11 is 1.49. The fraction of sp³-hybridized carbons (Fsp3) is 0.609. The Kier molecular flexibility index (Phi) is 7.94. The van der Waals surface area contributed by atoms with Gasteiger partial charge in [0.25, 0.3) is 0 Å². The van der Waals surface area contributed by atoms with E-state index in [1.165, 1.54) is 23.7 Å². The van der Waals surface area contributed by atoms with Crippen LogP contribution in [-0.4, -0.2) is 58.1 Å². The topological polar surface area (TPSA) is 60.2 Å². The lowest BCUT2D eigenvalue weighted by atomic mass is 9.87. The van der Waals surface area contributed by atoms with Crippen LogP contribution in [0.4, 0.5) is 0 Å². The number of rotatable bonds is 8. The quantitative estimate of drug-likeness (QED) is 0.459. The summed E-state index contributed by atoms with van der Waals surface area (Å²) in [6, 6.07) is 8.56. The molecular formula is C23H34N4O2S. The van der Waals surface area contributed by atoms with Gasteiger partial charge >= 0.3 is 0 Å². The summed E-state index contributed by atoms with van der Waals surface area (Å²) in [7, 11) is 1.71. The number of carbonyl (C=O) groups excluding carboxylic acids is 1. The van der Waals surface area contributed by atoms with Gasteiger partial charge in [0.1, 0.15) is 0 Å². The molecule has 7 heteroatoms. The predicted octanol–water partition coefficient (Wildman–Crippen LogP) is 4.38. The summed E-state index contributed by atoms with van der Waals surface area (Å²) in [5.41, 5.74) is 2.45. The van der Waals surface area contributed by atoms with E-state index in [2.05, 4.69) is 59.8 Å². The molecule has 30 heavy (non-hydrogen) atoms. The van der Waals surface area contributed by atoms with Gasteiger partial charge in [0.2, 0.25) is 5.91 Å². The van der Waals surface area contributed by atoms with Gasteiger partial charge in [-0.1, -0.05) is 56.8 Å². The third kappa shape index (κ3) is 5.85. The number of hydrogen-bond acceptors (Lipinski definition) is 5. The Labute approximate surface area is 184 Å². The monoisotopic (exact) mass is 430 g/mol. The van der Waals surface area contributed by atoms with Crippen molar-refractivity contribution in [3.63, 3.8) is 0 Å². The van der Waals surface area contributed by atoms with Crippen LogP contribution in [0, 0.1) is 0 Å². The number of benzene rings is 1. The SMILES string of the molecule is COCCCn1c(SCC(=O)N2CCCCC2)nnc1-c1ccc(C(C)(C)C)cc1. The molecule has 2 aromatic rings. The number of thioether (sulfide) groups is 1. The highest BCUT2D eigenvalue weighted by atomic mass is 32.2. The van der Waals surface area contributed by atoms with E-state index in [1.807, 2.05) is 4.90 Å². The van der Waals surface area contributed by atoms with E-state index in [4.69, 9.17) is 4.74 Å². The number of piperidine rings is 1. The highest BCUT2D eigenvalue weighted by Gasteiger charge is 2.20. The van der Waals surface area contributed by atoms with Crippen LogP contribution in [0.3, 0.4) is 0 Å². The van der Waals surface area contributed by atoms with Gasteiger partial charge in [-0.25, -0.2) is 0 Å². The average molecular weight is 431 g/mol. The van der Waals surface area contributed by atoms with Crippen LogP contribution in [0.2, 0.25) is 0 Å². The summed E-state index contributed by atoms with van der Waals surface area (Å²) < 4.78 is 7.36. The summed E-state index contributed by atoms with van der Waals surface area (Å²) in [5, 5.41) is 9.70. The number of hydrogen-bond donors (Lipinski definition) is 0. The Morgan fingerprint density at radius 1 is 1.10 bits per heavy atom. The maximum Gasteiger partial charge on any atom is 0.233 e. The average Bonchev–Trinajstić information content (AvgIpc) is 3.15. The molecule has 1 fully saturated rings. The molecule has 164 valence electrons. The molecule has 6 nitrogen and oxygen atoms in total. The zero-order valence-corrected chi connectivity index (χ0v) is 19.5. The highest BCUT2D eigenvalue weighted by molar-refractivity contribution is 7.99. The van der Waals surface area contributed by atoms with Crippen molar-refractivity contribution < 1.29 is 9.53 Å². The fourth-order valence-electron chi connectivity index (χ4n) is 3.66. The number of ether oxygens (including phenoxy) is 1. The van der Waals surface area contributed by atoms with E-state index in [0.29, 0.717) is 12.4 Å². The van der Waals surface area contributed by atoms with Crippen LogP contribution < -0.4 is 0 Å². The minimum Gasteiger partial charge on any atom is -0.385 e. The molecule has 0 atom stereocenters. The van der Waals surface area contributed by atoms with Gasteiger partial charge in [-0.15, -0.1) is 10.2 Å². The number of amides is 1. The van der Waals surface area contributed by atoms with E-state index in [-0.39, 0.29) is 11.3 Å². The van der Waals surface area contributed by atoms with Gasteiger partial charge in [0, 0.05) is 38.9 Å². The fourth-order valence-corrected chi connectivity index (χ4v) is 4.53. The molecule has 0 spiro atoms. The van der Waals surface area contributed by atoms with Gasteiger partial charge in [-0.3, -0.25) is 4.79 Å². The lowest BCUT2D eigenvalue weighted by Crippen LogP contribution is -2.36. The number of likely N-dealkylation sites (tertiary alicyclic amines) is 1. The molecule has 3 rings (SSSR count). The molecule has 0 radical (unpaired) electrons. The second kappa shape index (κ2) is 10.4. The van der Waals surface area contributed by atoms with Crippen molar-refractivity contribution in [2.75, 3.05) is 32.6 Å². The third-order valence-electron chi connectivity index (χ3n) is 5.49. The second-order valence-corrected chi connectivity index (χ2v) is 9.80. The first-order valence-corrected chi connectivity index (χ1v) is 11.8. The summed E-state index contributed by atoms with van der Waals surface area (Å²) in [6.07, 6.45) is 4.31. The zero-order valence-electron chi connectivity index (χ0n) is 18.7. The molecule has 1 aromatic carbocycles. The van der Waals surface area contributed by atoms with E-state index in [9.17, 15) is 4.79 Å². The van der Waals surface area contributed by atoms with Crippen LogP contribution in [0.5, 0.6) is 0 Å². The van der Waals surface area contributed by atoms with Gasteiger partial charge in [0.15, 0.2) is 11.0 Å². The number of nitrogens with zero attached hydrogens (tertiary/aromatic N) is 4. The molecule has 0 unspecified atom stereocenters. The molecule has 1 aromatic heterocycles. The summed E-state index contributed by atoms with van der Waals surface area (Å²) in [4.78, 5) is 14.6. The minimum absolute atomic E-state index is 0.112. The molecular weight excluding hydrogens is 396 g/mol. The van der Waals surface area contributed by atoms with Crippen molar-refractivity contribution in [2.24, 2.45) is 0 Å². The van der Waals surface area contributed by atoms with Crippen LogP contribution in [0.15, 0.2) is 29.4 Å². The van der Waals surface area contributed by atoms with E-state index in [0.717, 1.165) is 55.4 Å². The predicted molar refractivity (Wildman–Crippen MR) is 122 cm³/mol. The third-order valence-corrected chi connectivity index (χ3v) is 6.44. The van der Waals surface area contributed by atoms with Gasteiger partial charge in [-0.05, 0) is 36.7 Å². The lowest BCUT2D eigenvalue weighted by Gasteiger charge is -2.26. The first-order valence-electron chi connectivity index (χ1n) is 10.8. The van der Waals surface area contributed by atoms with Crippen LogP contribution in [-0.2, 0) is 21.5 Å². The maximum atomic E-state index is 12.6. The molecule has 1 amide bonds. The maximum absolute atomic E-state index is 12.6. The summed E-state index contributed by atoms with van der Waals surface area (Å²) in [5.74, 6) is 1.45. The lowest BCUT2D eigenvalue weighted by molar-refractivity contribution is -0.129. The largest absolute Gasteiger partial charge is 0.385 e. The zero-order chi connectivity index (χ0) is 21.6. The Morgan fingerprint density at radius 3 is 2.43 bits per heavy atom. The van der Waals surface area contributed by atoms with Gasteiger partial charge in [0.05, 0.1) is 5.75 Å². The molecule has 2 heterocycles. The number of carbonyl (C=O) groups is 1. The van der Waals surface area contributed by atoms with Crippen molar-refractivity contribution in [1.29, 1.82) is 0 Å². The smallest absolute Gasteiger partial charge is 0.233 e. The standard InChI is InChI=1S/C23H34N4O2S/c1-23(2,3)19-11-9-18(10-12-19)21-24-25-22(27(21)15-8-16-29-4)30-17-20(28)26-13-6-5-7-14-26/h9-12H,5-8,13-17H2,1-4H3. The minimum atomic E-state index is 0.112. The first kappa shape index (κ1) is 22.8. The van der Waals surface area contributed by atoms with Crippen LogP contribution in [0.25, 0.3) is 11.4 Å². The van der Waals surface area contributed by atoms with Crippen molar-refractivity contribution in [2.45, 2.75) is 63.6 Å². The molecule has 0 N–H and O–H groups in total. The van der Waals surface area contributed by atoms with Crippen molar-refractivity contribution in [3.05, 3.63) is 29.8 Å². The second-order valence-electron chi connectivity index (χ2n) is 8.86. The summed E-state index contributed by atoms with van der Waals surface area (Å²) in [6.45, 7) is 9.83. The van der Waals surface area contributed by atoms with Gasteiger partial charge in [-0.2, -0.15) is 0 Å². The molecule has 0 aliphatic carbocycles. The normalized spacial score (nSPS) is 14.9. The van der Waals surface area contributed by atoms with Crippen molar-refractivity contribution in [1.82, 2.24) is 19.7 Å². The van der Waals surface area contributed by atoms with Crippen molar-refractivity contribution in [3.8, 4) is 11.4 Å². The number of methoxy groups -OCH3 is 1. The molecule has 1 aliphatic rings. The molecule has 1 aliphatic heterocycles. The Hall–Kier alpha value is -1.86. The highest BCUT2D eigenvalue weighted by Crippen LogP contribution is 2.28. The van der Waals surface area contributed by atoms with E-state index < -0.39 is 0 Å².